The average Bonchev–Trinajstić information content (AvgIpc) is 3.30. The summed E-state index contributed by atoms with van der Waals surface area (Å²) in [4.78, 5) is 2.52. The normalized spacial score (nSPS) is 23.1. The number of nitrogens with zero attached hydrogens (tertiary/aromatic N) is 1. The van der Waals surface area contributed by atoms with Crippen LogP contribution in [0.4, 0.5) is 0 Å². The molecule has 0 N–H and O–H groups in total. The smallest absolute Gasteiger partial charge is 0.105 e. The Balaban J connectivity index is 1.61. The first-order valence-corrected chi connectivity index (χ1v) is 7.90. The van der Waals surface area contributed by atoms with Gasteiger partial charge in [0, 0.05) is 6.54 Å². The Labute approximate surface area is 121 Å². The van der Waals surface area contributed by atoms with Crippen LogP contribution in [0, 0.1) is 0 Å². The molecule has 1 saturated heterocycles. The predicted molar refractivity (Wildman–Crippen MR) is 80.5 cm³/mol. The third-order valence-electron chi connectivity index (χ3n) is 5.04. The Morgan fingerprint density at radius 3 is 2.60 bits per heavy atom. The molecule has 106 valence electrons. The lowest BCUT2D eigenvalue weighted by molar-refractivity contribution is 0.172. The van der Waals surface area contributed by atoms with Gasteiger partial charge in [0.2, 0.25) is 0 Å². The van der Waals surface area contributed by atoms with Gasteiger partial charge in [-0.2, -0.15) is 0 Å². The molecule has 1 heterocycles. The third-order valence-corrected chi connectivity index (χ3v) is 5.04. The van der Waals surface area contributed by atoms with Crippen LogP contribution in [-0.4, -0.2) is 25.1 Å². The molecule has 2 saturated carbocycles. The lowest BCUT2D eigenvalue weighted by atomic mass is 9.91. The number of benzene rings is 1. The van der Waals surface area contributed by atoms with E-state index in [1.54, 1.807) is 5.57 Å². The topological polar surface area (TPSA) is 12.5 Å². The Kier molecular flexibility index (Phi) is 2.88. The van der Waals surface area contributed by atoms with Gasteiger partial charge in [0.15, 0.2) is 0 Å². The van der Waals surface area contributed by atoms with E-state index in [-0.39, 0.29) is 5.41 Å². The molecule has 2 heteroatoms. The van der Waals surface area contributed by atoms with Crippen molar-refractivity contribution in [3.63, 3.8) is 0 Å². The van der Waals surface area contributed by atoms with Crippen molar-refractivity contribution in [1.82, 2.24) is 4.90 Å². The second kappa shape index (κ2) is 4.63. The molecule has 3 aliphatic rings. The summed E-state index contributed by atoms with van der Waals surface area (Å²) in [5.74, 6) is 1.29. The number of likely N-dealkylation sites (tertiary alicyclic amines) is 1. The van der Waals surface area contributed by atoms with E-state index >= 15 is 0 Å². The first-order valence-electron chi connectivity index (χ1n) is 7.90. The molecular formula is C18H23NO. The monoisotopic (exact) mass is 269 g/mol. The van der Waals surface area contributed by atoms with E-state index in [4.69, 9.17) is 4.74 Å². The minimum Gasteiger partial charge on any atom is -0.500 e. The van der Waals surface area contributed by atoms with Crippen LogP contribution in [0.25, 0.3) is 0 Å². The summed E-state index contributed by atoms with van der Waals surface area (Å²) in [6.07, 6.45) is 6.38. The summed E-state index contributed by atoms with van der Waals surface area (Å²) in [5.41, 5.74) is 4.72. The van der Waals surface area contributed by atoms with Crippen molar-refractivity contribution in [3.05, 3.63) is 46.7 Å². The zero-order chi connectivity index (χ0) is 13.6. The first kappa shape index (κ1) is 12.5. The van der Waals surface area contributed by atoms with E-state index in [1.807, 2.05) is 7.11 Å². The highest BCUT2D eigenvalue weighted by Crippen LogP contribution is 2.57. The Morgan fingerprint density at radius 1 is 1.25 bits per heavy atom. The standard InChI is InChI=1S/C18H23NO/c1-20-17(15-6-7-15)18(8-9-18)16-5-2-4-14(12-16)13-19-10-3-11-19/h2,4-5,12H,3,6-11,13H2,1H3. The van der Waals surface area contributed by atoms with E-state index < -0.39 is 0 Å². The van der Waals surface area contributed by atoms with Crippen molar-refractivity contribution in [2.75, 3.05) is 20.2 Å². The van der Waals surface area contributed by atoms with Crippen LogP contribution >= 0.6 is 0 Å². The zero-order valence-electron chi connectivity index (χ0n) is 12.3. The van der Waals surface area contributed by atoms with Crippen LogP contribution in [0.15, 0.2) is 35.6 Å². The van der Waals surface area contributed by atoms with Crippen molar-refractivity contribution < 1.29 is 4.74 Å². The number of ether oxygens (including phenoxy) is 1. The van der Waals surface area contributed by atoms with Gasteiger partial charge < -0.3 is 4.74 Å². The van der Waals surface area contributed by atoms with Crippen LogP contribution in [0.1, 0.15) is 43.2 Å². The number of rotatable bonds is 5. The Morgan fingerprint density at radius 2 is 2.05 bits per heavy atom. The highest BCUT2D eigenvalue weighted by Gasteiger charge is 2.51. The maximum absolute atomic E-state index is 5.78. The van der Waals surface area contributed by atoms with Crippen LogP contribution in [0.2, 0.25) is 0 Å². The summed E-state index contributed by atoms with van der Waals surface area (Å²) in [7, 11) is 1.85. The number of hydrogen-bond donors (Lipinski definition) is 0. The fraction of sp³-hybridized carbons (Fsp3) is 0.556. The highest BCUT2D eigenvalue weighted by molar-refractivity contribution is 5.45. The summed E-state index contributed by atoms with van der Waals surface area (Å²) in [5, 5.41) is 0. The van der Waals surface area contributed by atoms with E-state index in [1.165, 1.54) is 62.1 Å². The van der Waals surface area contributed by atoms with Crippen LogP contribution in [0.3, 0.4) is 0 Å². The summed E-state index contributed by atoms with van der Waals surface area (Å²) in [6, 6.07) is 9.23. The average molecular weight is 269 g/mol. The molecule has 3 fully saturated rings. The van der Waals surface area contributed by atoms with Gasteiger partial charge in [-0.1, -0.05) is 24.3 Å². The molecule has 20 heavy (non-hydrogen) atoms. The maximum atomic E-state index is 5.78. The van der Waals surface area contributed by atoms with E-state index in [0.29, 0.717) is 0 Å². The molecule has 1 aliphatic heterocycles. The summed E-state index contributed by atoms with van der Waals surface area (Å²) >= 11 is 0. The molecule has 2 nitrogen and oxygen atoms in total. The SMILES string of the molecule is COC(=C1CC1)C1(c2cccc(CN3CCC3)c2)CC1. The van der Waals surface area contributed by atoms with Crippen molar-refractivity contribution in [3.8, 4) is 0 Å². The zero-order valence-corrected chi connectivity index (χ0v) is 12.3. The summed E-state index contributed by atoms with van der Waals surface area (Å²) < 4.78 is 5.78. The molecule has 0 radical (unpaired) electrons. The maximum Gasteiger partial charge on any atom is 0.105 e. The molecule has 4 rings (SSSR count). The quantitative estimate of drug-likeness (QED) is 0.757. The van der Waals surface area contributed by atoms with E-state index in [0.717, 1.165) is 6.54 Å². The summed E-state index contributed by atoms with van der Waals surface area (Å²) in [6.45, 7) is 3.65. The van der Waals surface area contributed by atoms with Gasteiger partial charge in [-0.05, 0) is 61.9 Å². The molecule has 0 atom stereocenters. The highest BCUT2D eigenvalue weighted by atomic mass is 16.5. The van der Waals surface area contributed by atoms with Gasteiger partial charge in [-0.25, -0.2) is 0 Å². The van der Waals surface area contributed by atoms with Gasteiger partial charge in [-0.3, -0.25) is 4.90 Å². The van der Waals surface area contributed by atoms with Crippen LogP contribution in [0.5, 0.6) is 0 Å². The fourth-order valence-electron chi connectivity index (χ4n) is 3.50. The van der Waals surface area contributed by atoms with Gasteiger partial charge in [0.1, 0.15) is 5.76 Å². The number of methoxy groups -OCH3 is 1. The van der Waals surface area contributed by atoms with E-state index in [9.17, 15) is 0 Å². The molecule has 0 amide bonds. The van der Waals surface area contributed by atoms with Gasteiger partial charge in [0.05, 0.1) is 12.5 Å². The van der Waals surface area contributed by atoms with Crippen molar-refractivity contribution in [1.29, 1.82) is 0 Å². The Bertz CT molecular complexity index is 546. The van der Waals surface area contributed by atoms with Gasteiger partial charge >= 0.3 is 0 Å². The molecule has 1 aromatic carbocycles. The predicted octanol–water partition coefficient (Wildman–Crippen LogP) is 3.62. The minimum absolute atomic E-state index is 0.228. The van der Waals surface area contributed by atoms with Gasteiger partial charge in [0.25, 0.3) is 0 Å². The second-order valence-electron chi connectivity index (χ2n) is 6.55. The molecule has 2 aliphatic carbocycles. The van der Waals surface area contributed by atoms with Gasteiger partial charge in [-0.15, -0.1) is 0 Å². The lowest BCUT2D eigenvalue weighted by Gasteiger charge is -2.31. The minimum atomic E-state index is 0.228. The second-order valence-corrected chi connectivity index (χ2v) is 6.55. The van der Waals surface area contributed by atoms with Crippen LogP contribution in [-0.2, 0) is 16.7 Å². The molecule has 0 bridgehead atoms. The third kappa shape index (κ3) is 2.07. The molecular weight excluding hydrogens is 246 g/mol. The molecule has 0 unspecified atom stereocenters. The molecule has 1 aromatic rings. The van der Waals surface area contributed by atoms with Crippen molar-refractivity contribution in [2.45, 2.75) is 44.1 Å². The molecule has 0 spiro atoms. The lowest BCUT2D eigenvalue weighted by Crippen LogP contribution is -2.36. The largest absolute Gasteiger partial charge is 0.500 e. The van der Waals surface area contributed by atoms with Crippen molar-refractivity contribution >= 4 is 0 Å². The number of allylic oxidation sites excluding steroid dienone is 2. The van der Waals surface area contributed by atoms with Crippen LogP contribution < -0.4 is 0 Å². The van der Waals surface area contributed by atoms with Crippen molar-refractivity contribution in [2.24, 2.45) is 0 Å². The first-order chi connectivity index (χ1) is 9.82. The number of hydrogen-bond acceptors (Lipinski definition) is 2. The van der Waals surface area contributed by atoms with E-state index in [2.05, 4.69) is 29.2 Å². The fourth-order valence-corrected chi connectivity index (χ4v) is 3.50. The Hall–Kier alpha value is -1.28. The molecule has 0 aromatic heterocycles.